The molecular formula is C15H12BrCl2NOS. The summed E-state index contributed by atoms with van der Waals surface area (Å²) in [6.07, 6.45) is 0. The van der Waals surface area contributed by atoms with Crippen LogP contribution in [0.3, 0.4) is 0 Å². The molecule has 2 nitrogen and oxygen atoms in total. The molecule has 0 radical (unpaired) electrons. The van der Waals surface area contributed by atoms with E-state index in [4.69, 9.17) is 23.2 Å². The molecule has 2 rings (SSSR count). The number of rotatable bonds is 5. The quantitative estimate of drug-likeness (QED) is 0.699. The Bertz CT molecular complexity index is 651. The van der Waals surface area contributed by atoms with Gasteiger partial charge < -0.3 is 5.32 Å². The van der Waals surface area contributed by atoms with Gasteiger partial charge in [-0.15, -0.1) is 11.8 Å². The van der Waals surface area contributed by atoms with Crippen LogP contribution in [0.4, 0.5) is 5.69 Å². The van der Waals surface area contributed by atoms with E-state index in [0.717, 1.165) is 15.7 Å². The Morgan fingerprint density at radius 1 is 1.19 bits per heavy atom. The predicted molar refractivity (Wildman–Crippen MR) is 95.4 cm³/mol. The van der Waals surface area contributed by atoms with Crippen molar-refractivity contribution >= 4 is 62.5 Å². The summed E-state index contributed by atoms with van der Waals surface area (Å²) in [5.41, 5.74) is 1.75. The van der Waals surface area contributed by atoms with E-state index in [2.05, 4.69) is 21.2 Å². The molecule has 110 valence electrons. The molecule has 0 saturated heterocycles. The Hall–Kier alpha value is -0.680. The van der Waals surface area contributed by atoms with E-state index in [1.54, 1.807) is 12.1 Å². The maximum absolute atomic E-state index is 11.9. The lowest BCUT2D eigenvalue weighted by molar-refractivity contribution is -0.113. The fraction of sp³-hybridized carbons (Fsp3) is 0.133. The molecule has 1 amide bonds. The normalized spacial score (nSPS) is 10.4. The average Bonchev–Trinajstić information content (AvgIpc) is 2.41. The standard InChI is InChI=1S/C15H12BrCl2NOS/c16-11-2-1-3-13(6-11)19-15(20)9-21-8-10-4-5-12(17)7-14(10)18/h1-7H,8-9H2,(H,19,20). The minimum Gasteiger partial charge on any atom is -0.325 e. The van der Waals surface area contributed by atoms with Crippen LogP contribution in [0.1, 0.15) is 5.56 Å². The molecular weight excluding hydrogens is 393 g/mol. The van der Waals surface area contributed by atoms with Crippen LogP contribution in [0, 0.1) is 0 Å². The molecule has 0 aliphatic rings. The second-order valence-electron chi connectivity index (χ2n) is 4.29. The SMILES string of the molecule is O=C(CSCc1ccc(Cl)cc1Cl)Nc1cccc(Br)c1. The van der Waals surface area contributed by atoms with Crippen LogP contribution in [-0.2, 0) is 10.5 Å². The third-order valence-electron chi connectivity index (χ3n) is 2.61. The van der Waals surface area contributed by atoms with Gasteiger partial charge in [0.2, 0.25) is 5.91 Å². The number of benzene rings is 2. The number of hydrogen-bond donors (Lipinski definition) is 1. The summed E-state index contributed by atoms with van der Waals surface area (Å²) >= 11 is 16.8. The van der Waals surface area contributed by atoms with Crippen LogP contribution < -0.4 is 5.32 Å². The number of carbonyl (C=O) groups is 1. The third kappa shape index (κ3) is 5.55. The number of anilines is 1. The molecule has 0 heterocycles. The van der Waals surface area contributed by atoms with Gasteiger partial charge in [0, 0.05) is 26.0 Å². The number of hydrogen-bond acceptors (Lipinski definition) is 2. The van der Waals surface area contributed by atoms with E-state index in [0.29, 0.717) is 21.6 Å². The summed E-state index contributed by atoms with van der Waals surface area (Å²) in [5, 5.41) is 4.09. The molecule has 6 heteroatoms. The van der Waals surface area contributed by atoms with Crippen molar-refractivity contribution in [2.45, 2.75) is 5.75 Å². The van der Waals surface area contributed by atoms with E-state index < -0.39 is 0 Å². The zero-order valence-corrected chi connectivity index (χ0v) is 14.8. The van der Waals surface area contributed by atoms with Gasteiger partial charge in [0.15, 0.2) is 0 Å². The van der Waals surface area contributed by atoms with E-state index in [-0.39, 0.29) is 5.91 Å². The number of amides is 1. The monoisotopic (exact) mass is 403 g/mol. The summed E-state index contributed by atoms with van der Waals surface area (Å²) < 4.78 is 0.931. The molecule has 2 aromatic carbocycles. The Morgan fingerprint density at radius 3 is 2.71 bits per heavy atom. The molecule has 0 atom stereocenters. The summed E-state index contributed by atoms with van der Waals surface area (Å²) in [5.74, 6) is 0.996. The molecule has 0 aliphatic heterocycles. The molecule has 0 fully saturated rings. The van der Waals surface area contributed by atoms with Gasteiger partial charge in [0.25, 0.3) is 0 Å². The second-order valence-corrected chi connectivity index (χ2v) is 7.03. The van der Waals surface area contributed by atoms with E-state index in [1.165, 1.54) is 11.8 Å². The van der Waals surface area contributed by atoms with Crippen molar-refractivity contribution in [3.8, 4) is 0 Å². The van der Waals surface area contributed by atoms with Gasteiger partial charge in [0.05, 0.1) is 5.75 Å². The Morgan fingerprint density at radius 2 is 2.00 bits per heavy atom. The van der Waals surface area contributed by atoms with Crippen molar-refractivity contribution in [3.05, 3.63) is 62.5 Å². The highest BCUT2D eigenvalue weighted by Gasteiger charge is 2.05. The van der Waals surface area contributed by atoms with Crippen molar-refractivity contribution in [3.63, 3.8) is 0 Å². The molecule has 0 saturated carbocycles. The highest BCUT2D eigenvalue weighted by atomic mass is 79.9. The Balaban J connectivity index is 1.81. The number of thioether (sulfide) groups is 1. The van der Waals surface area contributed by atoms with Gasteiger partial charge in [-0.2, -0.15) is 0 Å². The first-order valence-corrected chi connectivity index (χ1v) is 8.82. The summed E-state index contributed by atoms with van der Waals surface area (Å²) in [6.45, 7) is 0. The highest BCUT2D eigenvalue weighted by molar-refractivity contribution is 9.10. The molecule has 1 N–H and O–H groups in total. The molecule has 0 unspecified atom stereocenters. The maximum atomic E-state index is 11.9. The van der Waals surface area contributed by atoms with Crippen molar-refractivity contribution in [1.29, 1.82) is 0 Å². The van der Waals surface area contributed by atoms with Crippen LogP contribution in [-0.4, -0.2) is 11.7 Å². The lowest BCUT2D eigenvalue weighted by Gasteiger charge is -2.07. The van der Waals surface area contributed by atoms with Gasteiger partial charge in [-0.25, -0.2) is 0 Å². The van der Waals surface area contributed by atoms with Gasteiger partial charge in [-0.05, 0) is 35.9 Å². The van der Waals surface area contributed by atoms with E-state index >= 15 is 0 Å². The van der Waals surface area contributed by atoms with Gasteiger partial charge in [0.1, 0.15) is 0 Å². The van der Waals surface area contributed by atoms with Gasteiger partial charge >= 0.3 is 0 Å². The molecule has 0 spiro atoms. The van der Waals surface area contributed by atoms with Crippen molar-refractivity contribution < 1.29 is 4.79 Å². The summed E-state index contributed by atoms with van der Waals surface area (Å²) in [4.78, 5) is 11.9. The predicted octanol–water partition coefficient (Wildman–Crippen LogP) is 5.63. The minimum atomic E-state index is -0.0387. The summed E-state index contributed by atoms with van der Waals surface area (Å²) in [6, 6.07) is 12.9. The van der Waals surface area contributed by atoms with Crippen LogP contribution in [0.2, 0.25) is 10.0 Å². The zero-order chi connectivity index (χ0) is 15.2. The number of carbonyl (C=O) groups excluding carboxylic acids is 1. The zero-order valence-electron chi connectivity index (χ0n) is 10.9. The van der Waals surface area contributed by atoms with Crippen LogP contribution in [0.25, 0.3) is 0 Å². The van der Waals surface area contributed by atoms with Crippen molar-refractivity contribution in [2.75, 3.05) is 11.1 Å². The van der Waals surface area contributed by atoms with Crippen LogP contribution >= 0.6 is 50.9 Å². The molecule has 0 aromatic heterocycles. The van der Waals surface area contributed by atoms with Crippen molar-refractivity contribution in [2.24, 2.45) is 0 Å². The Kier molecular flexibility index (Phi) is 6.42. The average molecular weight is 405 g/mol. The minimum absolute atomic E-state index is 0.0387. The fourth-order valence-corrected chi connectivity index (χ4v) is 3.44. The first-order valence-electron chi connectivity index (χ1n) is 6.11. The largest absolute Gasteiger partial charge is 0.325 e. The van der Waals surface area contributed by atoms with E-state index in [9.17, 15) is 4.79 Å². The topological polar surface area (TPSA) is 29.1 Å². The Labute approximate surface area is 146 Å². The molecule has 0 bridgehead atoms. The summed E-state index contributed by atoms with van der Waals surface area (Å²) in [7, 11) is 0. The first-order chi connectivity index (χ1) is 10.0. The number of halogens is 3. The lowest BCUT2D eigenvalue weighted by atomic mass is 10.2. The number of nitrogens with one attached hydrogen (secondary N) is 1. The molecule has 2 aromatic rings. The fourth-order valence-electron chi connectivity index (χ4n) is 1.66. The van der Waals surface area contributed by atoms with E-state index in [1.807, 2.05) is 30.3 Å². The third-order valence-corrected chi connectivity index (χ3v) is 4.68. The highest BCUT2D eigenvalue weighted by Crippen LogP contribution is 2.24. The lowest BCUT2D eigenvalue weighted by Crippen LogP contribution is -2.14. The van der Waals surface area contributed by atoms with Gasteiger partial charge in [-0.3, -0.25) is 4.79 Å². The first kappa shape index (κ1) is 16.7. The smallest absolute Gasteiger partial charge is 0.234 e. The van der Waals surface area contributed by atoms with Crippen LogP contribution in [0.5, 0.6) is 0 Å². The molecule has 0 aliphatic carbocycles. The molecule has 21 heavy (non-hydrogen) atoms. The van der Waals surface area contributed by atoms with Gasteiger partial charge in [-0.1, -0.05) is 51.3 Å². The second kappa shape index (κ2) is 8.08. The van der Waals surface area contributed by atoms with Crippen LogP contribution in [0.15, 0.2) is 46.9 Å². The maximum Gasteiger partial charge on any atom is 0.234 e. The van der Waals surface area contributed by atoms with Crippen molar-refractivity contribution in [1.82, 2.24) is 0 Å².